The predicted octanol–water partition coefficient (Wildman–Crippen LogP) is 1.46. The van der Waals surface area contributed by atoms with Crippen LogP contribution in [0.25, 0.3) is 11.1 Å². The Balaban J connectivity index is 2.72. The van der Waals surface area contributed by atoms with Gasteiger partial charge in [0.15, 0.2) is 0 Å². The van der Waals surface area contributed by atoms with Crippen LogP contribution < -0.4 is 5.73 Å². The van der Waals surface area contributed by atoms with E-state index in [1.807, 2.05) is 0 Å². The molecule has 7 nitrogen and oxygen atoms in total. The normalized spacial score (nSPS) is 10.1. The van der Waals surface area contributed by atoms with Gasteiger partial charge >= 0.3 is 0 Å². The molecule has 0 atom stereocenters. The second-order valence-electron chi connectivity index (χ2n) is 3.73. The fourth-order valence-corrected chi connectivity index (χ4v) is 1.69. The summed E-state index contributed by atoms with van der Waals surface area (Å²) in [5, 5.41) is 20.4. The maximum atomic E-state index is 11.3. The summed E-state index contributed by atoms with van der Waals surface area (Å²) >= 11 is 0. The first-order chi connectivity index (χ1) is 9.00. The monoisotopic (exact) mass is 259 g/mol. The van der Waals surface area contributed by atoms with Crippen LogP contribution in [0.3, 0.4) is 0 Å². The molecule has 0 bridgehead atoms. The molecule has 0 spiro atoms. The topological polar surface area (TPSA) is 119 Å². The highest BCUT2D eigenvalue weighted by atomic mass is 16.6. The number of nitrogens with two attached hydrogens (primary N) is 1. The van der Waals surface area contributed by atoms with Crippen LogP contribution in [0.5, 0.6) is 5.88 Å². The molecule has 2 rings (SSSR count). The van der Waals surface area contributed by atoms with E-state index in [0.29, 0.717) is 0 Å². The molecule has 1 aromatic heterocycles. The van der Waals surface area contributed by atoms with E-state index >= 15 is 0 Å². The minimum absolute atomic E-state index is 0.0777. The molecule has 0 aliphatic rings. The van der Waals surface area contributed by atoms with E-state index in [1.54, 1.807) is 6.07 Å². The van der Waals surface area contributed by atoms with Crippen molar-refractivity contribution in [2.45, 2.75) is 0 Å². The summed E-state index contributed by atoms with van der Waals surface area (Å²) in [6.07, 6.45) is 1.36. The number of pyridine rings is 1. The lowest BCUT2D eigenvalue weighted by molar-refractivity contribution is -0.384. The molecule has 0 unspecified atom stereocenters. The molecular formula is C12H9N3O4. The summed E-state index contributed by atoms with van der Waals surface area (Å²) < 4.78 is 0. The number of carbonyl (C=O) groups excluding carboxylic acids is 1. The fraction of sp³-hybridized carbons (Fsp3) is 0. The zero-order valence-corrected chi connectivity index (χ0v) is 9.61. The Morgan fingerprint density at radius 2 is 2.05 bits per heavy atom. The molecule has 1 heterocycles. The summed E-state index contributed by atoms with van der Waals surface area (Å²) in [7, 11) is 0. The number of nitrogens with zero attached hydrogens (tertiary/aromatic N) is 2. The third-order valence-electron chi connectivity index (χ3n) is 2.56. The predicted molar refractivity (Wildman–Crippen MR) is 66.5 cm³/mol. The van der Waals surface area contributed by atoms with Gasteiger partial charge in [0.25, 0.3) is 5.69 Å². The van der Waals surface area contributed by atoms with Crippen molar-refractivity contribution in [3.63, 3.8) is 0 Å². The zero-order valence-electron chi connectivity index (χ0n) is 9.61. The van der Waals surface area contributed by atoms with E-state index in [2.05, 4.69) is 4.98 Å². The Morgan fingerprint density at radius 1 is 1.32 bits per heavy atom. The molecule has 7 heteroatoms. The molecule has 0 radical (unpaired) electrons. The van der Waals surface area contributed by atoms with E-state index in [0.717, 1.165) is 0 Å². The maximum Gasteiger partial charge on any atom is 0.270 e. The highest BCUT2D eigenvalue weighted by molar-refractivity contribution is 6.00. The van der Waals surface area contributed by atoms with Crippen molar-refractivity contribution in [3.8, 4) is 17.0 Å². The van der Waals surface area contributed by atoms with Crippen LogP contribution in [0.2, 0.25) is 0 Å². The van der Waals surface area contributed by atoms with E-state index in [1.165, 1.54) is 30.5 Å². The zero-order chi connectivity index (χ0) is 14.0. The smallest absolute Gasteiger partial charge is 0.270 e. The number of hydrogen-bond donors (Lipinski definition) is 2. The maximum absolute atomic E-state index is 11.3. The van der Waals surface area contributed by atoms with Gasteiger partial charge in [0.1, 0.15) is 0 Å². The van der Waals surface area contributed by atoms with Crippen LogP contribution in [0.15, 0.2) is 36.5 Å². The molecule has 1 amide bonds. The SMILES string of the molecule is NC(=O)c1ccc([N+](=O)[O-])cc1-c1cccnc1O. The summed E-state index contributed by atoms with van der Waals surface area (Å²) in [6, 6.07) is 6.64. The van der Waals surface area contributed by atoms with Gasteiger partial charge in [0.05, 0.1) is 4.92 Å². The minimum Gasteiger partial charge on any atom is -0.493 e. The quantitative estimate of drug-likeness (QED) is 0.638. The lowest BCUT2D eigenvalue weighted by Gasteiger charge is -2.07. The van der Waals surface area contributed by atoms with Gasteiger partial charge in [-0.3, -0.25) is 14.9 Å². The Bertz CT molecular complexity index is 670. The van der Waals surface area contributed by atoms with Gasteiger partial charge in [0, 0.05) is 35.0 Å². The van der Waals surface area contributed by atoms with Gasteiger partial charge in [-0.1, -0.05) is 0 Å². The molecule has 3 N–H and O–H groups in total. The first-order valence-electron chi connectivity index (χ1n) is 5.23. The lowest BCUT2D eigenvalue weighted by atomic mass is 9.99. The highest BCUT2D eigenvalue weighted by Gasteiger charge is 2.17. The van der Waals surface area contributed by atoms with Gasteiger partial charge < -0.3 is 10.8 Å². The molecule has 0 saturated heterocycles. The van der Waals surface area contributed by atoms with Crippen molar-refractivity contribution >= 4 is 11.6 Å². The minimum atomic E-state index is -0.742. The number of nitro benzene ring substituents is 1. The van der Waals surface area contributed by atoms with Crippen molar-refractivity contribution < 1.29 is 14.8 Å². The van der Waals surface area contributed by atoms with Crippen LogP contribution in [0, 0.1) is 10.1 Å². The lowest BCUT2D eigenvalue weighted by Crippen LogP contribution is -2.12. The molecule has 19 heavy (non-hydrogen) atoms. The number of nitro groups is 1. The number of hydrogen-bond acceptors (Lipinski definition) is 5. The van der Waals surface area contributed by atoms with Crippen LogP contribution in [0.1, 0.15) is 10.4 Å². The third-order valence-corrected chi connectivity index (χ3v) is 2.56. The number of rotatable bonds is 3. The van der Waals surface area contributed by atoms with Crippen molar-refractivity contribution in [1.82, 2.24) is 4.98 Å². The molecule has 0 aliphatic carbocycles. The number of benzene rings is 1. The third kappa shape index (κ3) is 2.34. The highest BCUT2D eigenvalue weighted by Crippen LogP contribution is 2.32. The fourth-order valence-electron chi connectivity index (χ4n) is 1.69. The first kappa shape index (κ1) is 12.5. The second kappa shape index (κ2) is 4.73. The van der Waals surface area contributed by atoms with Gasteiger partial charge in [-0.25, -0.2) is 4.98 Å². The van der Waals surface area contributed by atoms with E-state index in [4.69, 9.17) is 5.73 Å². The molecule has 0 aliphatic heterocycles. The van der Waals surface area contributed by atoms with Crippen molar-refractivity contribution in [1.29, 1.82) is 0 Å². The molecular weight excluding hydrogens is 250 g/mol. The van der Waals surface area contributed by atoms with Crippen molar-refractivity contribution in [2.24, 2.45) is 5.73 Å². The Kier molecular flexibility index (Phi) is 3.11. The molecule has 0 fully saturated rings. The summed E-state index contributed by atoms with van der Waals surface area (Å²) in [5.41, 5.74) is 5.47. The Labute approximate surface area is 107 Å². The van der Waals surface area contributed by atoms with Crippen molar-refractivity contribution in [3.05, 3.63) is 52.2 Å². The number of carbonyl (C=O) groups is 1. The van der Waals surface area contributed by atoms with Crippen LogP contribution in [-0.4, -0.2) is 20.9 Å². The average molecular weight is 259 g/mol. The van der Waals surface area contributed by atoms with Gasteiger partial charge in [-0.2, -0.15) is 0 Å². The molecule has 0 saturated carbocycles. The number of non-ortho nitro benzene ring substituents is 1. The van der Waals surface area contributed by atoms with Gasteiger partial charge in [0.2, 0.25) is 11.8 Å². The molecule has 1 aromatic carbocycles. The number of amides is 1. The Hall–Kier alpha value is -2.96. The summed E-state index contributed by atoms with van der Waals surface area (Å²) in [6.45, 7) is 0. The average Bonchev–Trinajstić information content (AvgIpc) is 2.38. The largest absolute Gasteiger partial charge is 0.493 e. The van der Waals surface area contributed by atoms with E-state index in [9.17, 15) is 20.0 Å². The number of aromatic hydroxyl groups is 1. The van der Waals surface area contributed by atoms with Crippen LogP contribution in [0.4, 0.5) is 5.69 Å². The van der Waals surface area contributed by atoms with Gasteiger partial charge in [-0.15, -0.1) is 0 Å². The van der Waals surface area contributed by atoms with Crippen LogP contribution in [-0.2, 0) is 0 Å². The van der Waals surface area contributed by atoms with Crippen molar-refractivity contribution in [2.75, 3.05) is 0 Å². The standard InChI is InChI=1S/C12H9N3O4/c13-11(16)8-4-3-7(15(18)19)6-10(8)9-2-1-5-14-12(9)17/h1-6H,(H2,13,16)(H,14,17). The van der Waals surface area contributed by atoms with E-state index in [-0.39, 0.29) is 28.3 Å². The summed E-state index contributed by atoms with van der Waals surface area (Å²) in [4.78, 5) is 25.2. The summed E-state index contributed by atoms with van der Waals surface area (Å²) in [5.74, 6) is -1.07. The number of aromatic nitrogens is 1. The molecule has 96 valence electrons. The van der Waals surface area contributed by atoms with Gasteiger partial charge in [-0.05, 0) is 18.2 Å². The van der Waals surface area contributed by atoms with E-state index < -0.39 is 10.8 Å². The number of primary amides is 1. The second-order valence-corrected chi connectivity index (χ2v) is 3.73. The Morgan fingerprint density at radius 3 is 2.63 bits per heavy atom. The first-order valence-corrected chi connectivity index (χ1v) is 5.23. The van der Waals surface area contributed by atoms with Crippen LogP contribution >= 0.6 is 0 Å². The molecule has 2 aromatic rings.